The number of hydroxylamine groups is 1. The first-order chi connectivity index (χ1) is 22.8. The predicted molar refractivity (Wildman–Crippen MR) is 179 cm³/mol. The quantitative estimate of drug-likeness (QED) is 0.241. The van der Waals surface area contributed by atoms with Gasteiger partial charge in [-0.3, -0.25) is 29.5 Å². The van der Waals surface area contributed by atoms with Gasteiger partial charge in [0.25, 0.3) is 5.91 Å². The van der Waals surface area contributed by atoms with Crippen molar-refractivity contribution < 1.29 is 33.5 Å². The molecule has 4 amide bonds. The number of nitrogens with one attached hydrogen (secondary N) is 4. The van der Waals surface area contributed by atoms with Crippen LogP contribution in [0.3, 0.4) is 0 Å². The van der Waals surface area contributed by atoms with Crippen LogP contribution < -0.4 is 21.4 Å². The molecule has 3 fully saturated rings. The lowest BCUT2D eigenvalue weighted by atomic mass is 9.85. The summed E-state index contributed by atoms with van der Waals surface area (Å²) in [7, 11) is 0. The summed E-state index contributed by atoms with van der Waals surface area (Å²) in [5, 5.41) is 8.79. The number of likely N-dealkylation sites (tertiary alicyclic amines) is 1. The molecule has 2 heterocycles. The van der Waals surface area contributed by atoms with Gasteiger partial charge >= 0.3 is 6.09 Å². The summed E-state index contributed by atoms with van der Waals surface area (Å²) >= 11 is 6.23. The number of ketones is 1. The van der Waals surface area contributed by atoms with Gasteiger partial charge in [0.1, 0.15) is 17.7 Å². The van der Waals surface area contributed by atoms with Crippen molar-refractivity contribution in [2.24, 2.45) is 11.3 Å². The molecular weight excluding hydrogens is 638 g/mol. The third kappa shape index (κ3) is 8.68. The number of halogens is 1. The molecule has 48 heavy (non-hydrogen) atoms. The van der Waals surface area contributed by atoms with Gasteiger partial charge in [0.05, 0.1) is 24.9 Å². The molecule has 4 aliphatic rings. The molecule has 0 unspecified atom stereocenters. The number of hydrogen-bond donors (Lipinski definition) is 4. The van der Waals surface area contributed by atoms with E-state index in [1.54, 1.807) is 12.1 Å². The van der Waals surface area contributed by atoms with Gasteiger partial charge < -0.3 is 25.6 Å². The van der Waals surface area contributed by atoms with Crippen molar-refractivity contribution in [3.05, 3.63) is 40.9 Å². The standard InChI is InChI=1S/C35H48ClN5O7/c1-5-9-25(28(42)31(44)37-24-14-15-24)38-30(43)27-18-35(17-26(40-48-35)22-12-8-13-23(36)16-22)20-41(27)32(45)29(34(2,3)4)39-33(46)47-19-21-10-6-7-11-21/h8,12-13,16-17,21,24-25,27,29,40H,5-7,9-11,14-15,18-20H2,1-4H3,(H,37,44)(H,38,43)(H,39,46)/t25-,27-,29+,35+/m0/s1. The van der Waals surface area contributed by atoms with Gasteiger partial charge in [0.15, 0.2) is 0 Å². The van der Waals surface area contributed by atoms with Crippen LogP contribution in [-0.2, 0) is 28.8 Å². The number of carbonyl (C=O) groups is 5. The van der Waals surface area contributed by atoms with Crippen molar-refractivity contribution in [2.75, 3.05) is 13.2 Å². The minimum Gasteiger partial charge on any atom is -0.449 e. The minimum atomic E-state index is -1.10. The topological polar surface area (TPSA) is 155 Å². The molecule has 1 aromatic carbocycles. The van der Waals surface area contributed by atoms with Crippen molar-refractivity contribution in [3.8, 4) is 0 Å². The van der Waals surface area contributed by atoms with E-state index >= 15 is 0 Å². The third-order valence-electron chi connectivity index (χ3n) is 9.49. The van der Waals surface area contributed by atoms with Crippen LogP contribution in [0.25, 0.3) is 5.70 Å². The fraction of sp³-hybridized carbons (Fsp3) is 0.629. The zero-order valence-electron chi connectivity index (χ0n) is 28.2. The molecule has 4 atom stereocenters. The monoisotopic (exact) mass is 685 g/mol. The van der Waals surface area contributed by atoms with Gasteiger partial charge in [0.2, 0.25) is 17.6 Å². The van der Waals surface area contributed by atoms with Crippen LogP contribution in [0.4, 0.5) is 4.79 Å². The lowest BCUT2D eigenvalue weighted by Crippen LogP contribution is -2.59. The summed E-state index contributed by atoms with van der Waals surface area (Å²) in [6.07, 6.45) is 7.87. The van der Waals surface area contributed by atoms with E-state index in [0.29, 0.717) is 23.1 Å². The molecule has 2 saturated carbocycles. The molecule has 1 saturated heterocycles. The number of rotatable bonds is 12. The maximum Gasteiger partial charge on any atom is 0.407 e. The Hall–Kier alpha value is -3.64. The highest BCUT2D eigenvalue weighted by Crippen LogP contribution is 2.39. The number of amides is 4. The molecule has 2 aliphatic heterocycles. The van der Waals surface area contributed by atoms with Crippen LogP contribution in [0.15, 0.2) is 30.3 Å². The second-order valence-electron chi connectivity index (χ2n) is 14.7. The number of carbonyl (C=O) groups excluding carboxylic acids is 5. The largest absolute Gasteiger partial charge is 0.449 e. The molecule has 0 bridgehead atoms. The Morgan fingerprint density at radius 3 is 2.48 bits per heavy atom. The van der Waals surface area contributed by atoms with E-state index < -0.39 is 58.7 Å². The number of ether oxygens (including phenoxy) is 1. The Morgan fingerprint density at radius 1 is 1.10 bits per heavy atom. The normalized spacial score (nSPS) is 23.6. The summed E-state index contributed by atoms with van der Waals surface area (Å²) in [4.78, 5) is 74.8. The Kier molecular flexibility index (Phi) is 11.0. The van der Waals surface area contributed by atoms with Crippen molar-refractivity contribution >= 4 is 46.9 Å². The first kappa shape index (κ1) is 35.7. The molecule has 2 aliphatic carbocycles. The average Bonchev–Trinajstić information content (AvgIpc) is 3.40. The molecule has 0 aromatic heterocycles. The Morgan fingerprint density at radius 2 is 1.83 bits per heavy atom. The van der Waals surface area contributed by atoms with Crippen LogP contribution in [0.1, 0.15) is 91.0 Å². The predicted octanol–water partition coefficient (Wildman–Crippen LogP) is 4.02. The highest BCUT2D eigenvalue weighted by molar-refractivity contribution is 6.38. The third-order valence-corrected chi connectivity index (χ3v) is 9.73. The van der Waals surface area contributed by atoms with Crippen LogP contribution in [0, 0.1) is 11.3 Å². The number of hydrogen-bond acceptors (Lipinski definition) is 8. The van der Waals surface area contributed by atoms with Gasteiger partial charge in [0, 0.05) is 23.0 Å². The second kappa shape index (κ2) is 14.9. The average molecular weight is 686 g/mol. The summed E-state index contributed by atoms with van der Waals surface area (Å²) in [5.74, 6) is -2.21. The lowest BCUT2D eigenvalue weighted by molar-refractivity contribution is -0.144. The van der Waals surface area contributed by atoms with Gasteiger partial charge in [-0.15, -0.1) is 0 Å². The van der Waals surface area contributed by atoms with Crippen LogP contribution in [0.5, 0.6) is 0 Å². The molecule has 4 N–H and O–H groups in total. The van der Waals surface area contributed by atoms with Gasteiger partial charge in [-0.25, -0.2) is 4.79 Å². The number of alkyl carbamates (subject to hydrolysis) is 1. The van der Waals surface area contributed by atoms with Gasteiger partial charge in [-0.1, -0.05) is 70.7 Å². The fourth-order valence-corrected chi connectivity index (χ4v) is 6.82. The Labute approximate surface area is 287 Å². The van der Waals surface area contributed by atoms with E-state index in [1.165, 1.54) is 4.90 Å². The second-order valence-corrected chi connectivity index (χ2v) is 15.1. The smallest absolute Gasteiger partial charge is 0.407 e. The number of benzene rings is 1. The first-order valence-corrected chi connectivity index (χ1v) is 17.5. The van der Waals surface area contributed by atoms with Crippen molar-refractivity contribution in [3.63, 3.8) is 0 Å². The van der Waals surface area contributed by atoms with E-state index in [0.717, 1.165) is 44.1 Å². The fourth-order valence-electron chi connectivity index (χ4n) is 6.63. The van der Waals surface area contributed by atoms with E-state index in [9.17, 15) is 24.0 Å². The SMILES string of the molecule is CCC[C@H](NC(=O)[C@@H]1C[C@]2(C=C(c3cccc(Cl)c3)NO2)CN1C(=O)[C@@H](NC(=O)OCC1CCCC1)C(C)(C)C)C(=O)C(=O)NC1CC1. The van der Waals surface area contributed by atoms with E-state index in [1.807, 2.05) is 45.9 Å². The highest BCUT2D eigenvalue weighted by Gasteiger charge is 2.54. The summed E-state index contributed by atoms with van der Waals surface area (Å²) < 4.78 is 5.53. The van der Waals surface area contributed by atoms with Gasteiger partial charge in [-0.05, 0) is 61.6 Å². The minimum absolute atomic E-state index is 0.0126. The summed E-state index contributed by atoms with van der Waals surface area (Å²) in [5.41, 5.74) is 2.48. The van der Waals surface area contributed by atoms with E-state index in [-0.39, 0.29) is 32.0 Å². The first-order valence-electron chi connectivity index (χ1n) is 17.1. The zero-order chi connectivity index (χ0) is 34.6. The molecule has 0 radical (unpaired) electrons. The maximum atomic E-state index is 14.5. The number of Topliss-reactive ketones (excluding diaryl/α,β-unsaturated/α-hetero) is 1. The zero-order valence-corrected chi connectivity index (χ0v) is 29.0. The molecule has 1 aromatic rings. The Bertz CT molecular complexity index is 1430. The lowest BCUT2D eigenvalue weighted by Gasteiger charge is -2.35. The molecule has 12 nitrogen and oxygen atoms in total. The molecule has 262 valence electrons. The van der Waals surface area contributed by atoms with E-state index in [2.05, 4.69) is 21.4 Å². The van der Waals surface area contributed by atoms with Gasteiger partial charge in [-0.2, -0.15) is 0 Å². The van der Waals surface area contributed by atoms with Crippen molar-refractivity contribution in [1.29, 1.82) is 0 Å². The van der Waals surface area contributed by atoms with Crippen LogP contribution in [-0.4, -0.2) is 77.4 Å². The van der Waals surface area contributed by atoms with Crippen molar-refractivity contribution in [1.82, 2.24) is 26.3 Å². The molecule has 5 rings (SSSR count). The van der Waals surface area contributed by atoms with E-state index in [4.69, 9.17) is 21.2 Å². The molecule has 13 heteroatoms. The number of nitrogens with zero attached hydrogens (tertiary/aromatic N) is 1. The summed E-state index contributed by atoms with van der Waals surface area (Å²) in [6, 6.07) is 4.01. The van der Waals surface area contributed by atoms with Crippen LogP contribution in [0.2, 0.25) is 5.02 Å². The van der Waals surface area contributed by atoms with Crippen molar-refractivity contribution in [2.45, 2.75) is 115 Å². The maximum absolute atomic E-state index is 14.5. The summed E-state index contributed by atoms with van der Waals surface area (Å²) in [6.45, 7) is 7.61. The molecular formula is C35H48ClN5O7. The van der Waals surface area contributed by atoms with Crippen LogP contribution >= 0.6 is 11.6 Å². The highest BCUT2D eigenvalue weighted by atomic mass is 35.5. The molecule has 1 spiro atoms. The Balaban J connectivity index is 1.39.